The van der Waals surface area contributed by atoms with Crippen molar-refractivity contribution < 1.29 is 9.53 Å². The lowest BCUT2D eigenvalue weighted by atomic mass is 10.0. The highest BCUT2D eigenvalue weighted by Crippen LogP contribution is 2.30. The summed E-state index contributed by atoms with van der Waals surface area (Å²) in [4.78, 5) is 38.4. The van der Waals surface area contributed by atoms with Gasteiger partial charge in [-0.05, 0) is 30.5 Å². The summed E-state index contributed by atoms with van der Waals surface area (Å²) in [5.41, 5.74) is 2.47. The number of nitrogens with one attached hydrogen (secondary N) is 1. The molecule has 0 aliphatic carbocycles. The van der Waals surface area contributed by atoms with Crippen molar-refractivity contribution in [1.82, 2.24) is 24.8 Å². The number of ether oxygens (including phenoxy) is 1. The Morgan fingerprint density at radius 2 is 2.17 bits per heavy atom. The Labute approximate surface area is 166 Å². The van der Waals surface area contributed by atoms with Gasteiger partial charge in [0.2, 0.25) is 0 Å². The number of rotatable bonds is 3. The summed E-state index contributed by atoms with van der Waals surface area (Å²) in [6, 6.07) is 8.44. The van der Waals surface area contributed by atoms with Crippen molar-refractivity contribution >= 4 is 5.91 Å². The van der Waals surface area contributed by atoms with Crippen molar-refractivity contribution in [2.45, 2.75) is 31.8 Å². The topological polar surface area (TPSA) is 99.0 Å². The van der Waals surface area contributed by atoms with Crippen LogP contribution in [0, 0.1) is 0 Å². The molecule has 2 aromatic heterocycles. The maximum Gasteiger partial charge on any atom is 0.255 e. The van der Waals surface area contributed by atoms with Gasteiger partial charge in [0.1, 0.15) is 17.9 Å². The van der Waals surface area contributed by atoms with E-state index in [0.29, 0.717) is 48.1 Å². The molecule has 0 spiro atoms. The average Bonchev–Trinajstić information content (AvgIpc) is 3.24. The van der Waals surface area contributed by atoms with E-state index in [1.165, 1.54) is 12.4 Å². The van der Waals surface area contributed by atoms with Crippen LogP contribution in [0.2, 0.25) is 0 Å². The number of fused-ring (bicyclic) bond motifs is 2. The van der Waals surface area contributed by atoms with Crippen molar-refractivity contribution in [2.75, 3.05) is 6.61 Å². The fourth-order valence-electron chi connectivity index (χ4n) is 3.94. The van der Waals surface area contributed by atoms with Gasteiger partial charge in [-0.15, -0.1) is 0 Å². The molecule has 8 heteroatoms. The third-order valence-corrected chi connectivity index (χ3v) is 5.33. The fraction of sp³-hybridized carbons (Fsp3) is 0.286. The maximum absolute atomic E-state index is 13.0. The molecular formula is C21H19N5O3. The van der Waals surface area contributed by atoms with Crippen molar-refractivity contribution in [2.24, 2.45) is 0 Å². The Bertz CT molecular complexity index is 1140. The van der Waals surface area contributed by atoms with Crippen LogP contribution in [0.25, 0.3) is 11.4 Å². The Morgan fingerprint density at radius 3 is 3.03 bits per heavy atom. The SMILES string of the molecule is O=C(NC1CCCn2c1nc(-c1ccncn1)cc2=O)c1cccc2c1OCC2. The van der Waals surface area contributed by atoms with Gasteiger partial charge in [0, 0.05) is 25.2 Å². The summed E-state index contributed by atoms with van der Waals surface area (Å²) in [6.45, 7) is 1.17. The van der Waals surface area contributed by atoms with Crippen molar-refractivity contribution in [3.05, 3.63) is 70.2 Å². The van der Waals surface area contributed by atoms with Gasteiger partial charge in [-0.25, -0.2) is 15.0 Å². The van der Waals surface area contributed by atoms with Crippen LogP contribution >= 0.6 is 0 Å². The molecule has 0 saturated carbocycles. The molecule has 8 nitrogen and oxygen atoms in total. The number of carbonyl (C=O) groups is 1. The first-order valence-corrected chi connectivity index (χ1v) is 9.64. The average molecular weight is 389 g/mol. The number of amides is 1. The molecule has 3 aromatic rings. The zero-order valence-electron chi connectivity index (χ0n) is 15.7. The first-order valence-electron chi connectivity index (χ1n) is 9.64. The Hall–Kier alpha value is -3.55. The second-order valence-corrected chi connectivity index (χ2v) is 7.14. The van der Waals surface area contributed by atoms with Crippen LogP contribution < -0.4 is 15.6 Å². The van der Waals surface area contributed by atoms with E-state index < -0.39 is 0 Å². The molecule has 5 rings (SSSR count). The molecule has 0 radical (unpaired) electrons. The predicted molar refractivity (Wildman–Crippen MR) is 105 cm³/mol. The van der Waals surface area contributed by atoms with Crippen LogP contribution in [0.5, 0.6) is 5.75 Å². The van der Waals surface area contributed by atoms with Gasteiger partial charge >= 0.3 is 0 Å². The molecule has 1 aromatic carbocycles. The number of para-hydroxylation sites is 1. The molecule has 1 N–H and O–H groups in total. The molecule has 29 heavy (non-hydrogen) atoms. The van der Waals surface area contributed by atoms with Gasteiger partial charge in [0.25, 0.3) is 11.5 Å². The van der Waals surface area contributed by atoms with Crippen LogP contribution in [-0.4, -0.2) is 32.0 Å². The number of aromatic nitrogens is 4. The highest BCUT2D eigenvalue weighted by Gasteiger charge is 2.28. The fourth-order valence-corrected chi connectivity index (χ4v) is 3.94. The minimum absolute atomic E-state index is 0.147. The summed E-state index contributed by atoms with van der Waals surface area (Å²) in [6.07, 6.45) is 5.33. The van der Waals surface area contributed by atoms with Crippen molar-refractivity contribution in [3.8, 4) is 17.1 Å². The summed E-state index contributed by atoms with van der Waals surface area (Å²) in [5, 5.41) is 3.05. The Balaban J connectivity index is 1.49. The molecule has 2 aliphatic heterocycles. The van der Waals surface area contributed by atoms with Crippen molar-refractivity contribution in [3.63, 3.8) is 0 Å². The van der Waals surface area contributed by atoms with E-state index in [4.69, 9.17) is 4.74 Å². The lowest BCUT2D eigenvalue weighted by Gasteiger charge is -2.27. The van der Waals surface area contributed by atoms with Gasteiger partial charge in [-0.2, -0.15) is 0 Å². The normalized spacial score (nSPS) is 17.2. The lowest BCUT2D eigenvalue weighted by molar-refractivity contribution is 0.0924. The quantitative estimate of drug-likeness (QED) is 0.735. The molecule has 0 bridgehead atoms. The Kier molecular flexibility index (Phi) is 4.31. The number of carbonyl (C=O) groups excluding carboxylic acids is 1. The Morgan fingerprint density at radius 1 is 1.24 bits per heavy atom. The van der Waals surface area contributed by atoms with Crippen LogP contribution in [-0.2, 0) is 13.0 Å². The van der Waals surface area contributed by atoms with Gasteiger partial charge in [0.05, 0.1) is 29.6 Å². The van der Waals surface area contributed by atoms with Gasteiger partial charge in [-0.1, -0.05) is 12.1 Å². The molecule has 0 saturated heterocycles. The molecule has 146 valence electrons. The largest absolute Gasteiger partial charge is 0.492 e. The van der Waals surface area contributed by atoms with Gasteiger partial charge in [-0.3, -0.25) is 14.2 Å². The number of hydrogen-bond donors (Lipinski definition) is 1. The maximum atomic E-state index is 13.0. The van der Waals surface area contributed by atoms with Crippen LogP contribution in [0.15, 0.2) is 47.7 Å². The van der Waals surface area contributed by atoms with Crippen LogP contribution in [0.3, 0.4) is 0 Å². The summed E-state index contributed by atoms with van der Waals surface area (Å²) >= 11 is 0. The number of benzene rings is 1. The standard InChI is InChI=1S/C21H19N5O3/c27-18-11-17(15-6-8-22-12-23-15)24-20-16(5-2-9-26(18)20)25-21(28)14-4-1-3-13-7-10-29-19(13)14/h1,3-4,6,8,11-12,16H,2,5,7,9-10H2,(H,25,28). The third kappa shape index (κ3) is 3.16. The zero-order chi connectivity index (χ0) is 19.8. The smallest absolute Gasteiger partial charge is 0.255 e. The number of nitrogens with zero attached hydrogens (tertiary/aromatic N) is 4. The molecule has 1 amide bonds. The van der Waals surface area contributed by atoms with E-state index in [2.05, 4.69) is 20.3 Å². The van der Waals surface area contributed by atoms with E-state index in [9.17, 15) is 9.59 Å². The molecule has 1 atom stereocenters. The molecule has 0 fully saturated rings. The zero-order valence-corrected chi connectivity index (χ0v) is 15.7. The highest BCUT2D eigenvalue weighted by molar-refractivity contribution is 5.97. The van der Waals surface area contributed by atoms with E-state index in [0.717, 1.165) is 18.4 Å². The van der Waals surface area contributed by atoms with E-state index in [1.54, 1.807) is 22.9 Å². The number of hydrogen-bond acceptors (Lipinski definition) is 6. The highest BCUT2D eigenvalue weighted by atomic mass is 16.5. The monoisotopic (exact) mass is 389 g/mol. The minimum Gasteiger partial charge on any atom is -0.492 e. The predicted octanol–water partition coefficient (Wildman–Crippen LogP) is 1.90. The summed E-state index contributed by atoms with van der Waals surface area (Å²) in [7, 11) is 0. The first kappa shape index (κ1) is 17.5. The van der Waals surface area contributed by atoms with Gasteiger partial charge < -0.3 is 10.1 Å². The third-order valence-electron chi connectivity index (χ3n) is 5.33. The second-order valence-electron chi connectivity index (χ2n) is 7.14. The van der Waals surface area contributed by atoms with Crippen LogP contribution in [0.4, 0.5) is 0 Å². The molecule has 1 unspecified atom stereocenters. The second kappa shape index (κ2) is 7.12. The summed E-state index contributed by atoms with van der Waals surface area (Å²) in [5.74, 6) is 0.990. The molecule has 4 heterocycles. The van der Waals surface area contributed by atoms with E-state index in [-0.39, 0.29) is 17.5 Å². The molecule has 2 aliphatic rings. The first-order chi connectivity index (χ1) is 14.2. The summed E-state index contributed by atoms with van der Waals surface area (Å²) < 4.78 is 7.29. The minimum atomic E-state index is -0.358. The van der Waals surface area contributed by atoms with E-state index in [1.807, 2.05) is 12.1 Å². The van der Waals surface area contributed by atoms with E-state index >= 15 is 0 Å². The van der Waals surface area contributed by atoms with Crippen LogP contribution in [0.1, 0.15) is 40.6 Å². The molecular weight excluding hydrogens is 370 g/mol. The van der Waals surface area contributed by atoms with Gasteiger partial charge in [0.15, 0.2) is 0 Å². The van der Waals surface area contributed by atoms with Crippen molar-refractivity contribution in [1.29, 1.82) is 0 Å². The lowest BCUT2D eigenvalue weighted by Crippen LogP contribution is -2.38.